The lowest BCUT2D eigenvalue weighted by molar-refractivity contribution is -0.141. The first-order valence-electron chi connectivity index (χ1n) is 5.96. The maximum Gasteiger partial charge on any atom is 0.306 e. The predicted octanol–water partition coefficient (Wildman–Crippen LogP) is 1.93. The number of carboxylic acids is 1. The van der Waals surface area contributed by atoms with Crippen LogP contribution in [0.5, 0.6) is 0 Å². The number of carboxylic acid groups (broad SMARTS) is 1. The topological polar surface area (TPSA) is 86.0 Å². The number of aryl methyl sites for hydroxylation is 1. The van der Waals surface area contributed by atoms with Gasteiger partial charge in [-0.1, -0.05) is 0 Å². The number of hydrogen-bond acceptors (Lipinski definition) is 4. The lowest BCUT2D eigenvalue weighted by atomic mass is 10.1. The van der Waals surface area contributed by atoms with Crippen molar-refractivity contribution in [2.45, 2.75) is 32.2 Å². The van der Waals surface area contributed by atoms with E-state index in [2.05, 4.69) is 16.4 Å². The number of anilines is 1. The van der Waals surface area contributed by atoms with E-state index in [0.29, 0.717) is 24.2 Å². The highest BCUT2D eigenvalue weighted by atomic mass is 16.4. The van der Waals surface area contributed by atoms with Crippen LogP contribution in [0.3, 0.4) is 0 Å². The van der Waals surface area contributed by atoms with E-state index in [1.165, 1.54) is 0 Å². The molecule has 1 fully saturated rings. The number of pyridine rings is 1. The molecule has 18 heavy (non-hydrogen) atoms. The van der Waals surface area contributed by atoms with Crippen molar-refractivity contribution in [2.75, 3.05) is 5.32 Å². The third kappa shape index (κ3) is 2.77. The second kappa shape index (κ2) is 5.05. The summed E-state index contributed by atoms with van der Waals surface area (Å²) < 4.78 is 0. The molecule has 5 heteroatoms. The summed E-state index contributed by atoms with van der Waals surface area (Å²) in [5.74, 6) is -0.334. The van der Waals surface area contributed by atoms with Gasteiger partial charge in [-0.2, -0.15) is 5.26 Å². The Morgan fingerprint density at radius 2 is 2.33 bits per heavy atom. The van der Waals surface area contributed by atoms with Crippen LogP contribution in [0.25, 0.3) is 0 Å². The number of aliphatic carboxylic acids is 1. The molecule has 0 spiro atoms. The molecule has 1 aromatic heterocycles. The van der Waals surface area contributed by atoms with Crippen LogP contribution in [-0.4, -0.2) is 22.1 Å². The molecule has 0 amide bonds. The SMILES string of the molecule is Cc1cc(C#N)cc(NC2CCC(C(=O)O)C2)n1. The molecule has 1 aromatic rings. The van der Waals surface area contributed by atoms with Crippen molar-refractivity contribution < 1.29 is 9.90 Å². The van der Waals surface area contributed by atoms with Crippen LogP contribution in [0.4, 0.5) is 5.82 Å². The van der Waals surface area contributed by atoms with E-state index >= 15 is 0 Å². The molecule has 0 radical (unpaired) electrons. The molecular weight excluding hydrogens is 230 g/mol. The van der Waals surface area contributed by atoms with Crippen LogP contribution in [-0.2, 0) is 4.79 Å². The van der Waals surface area contributed by atoms with Gasteiger partial charge in [0.15, 0.2) is 0 Å². The quantitative estimate of drug-likeness (QED) is 0.849. The van der Waals surface area contributed by atoms with Gasteiger partial charge in [0.25, 0.3) is 0 Å². The molecule has 0 bridgehead atoms. The lowest BCUT2D eigenvalue weighted by Crippen LogP contribution is -2.18. The van der Waals surface area contributed by atoms with E-state index in [4.69, 9.17) is 10.4 Å². The summed E-state index contributed by atoms with van der Waals surface area (Å²) in [5.41, 5.74) is 1.35. The van der Waals surface area contributed by atoms with Crippen molar-refractivity contribution in [3.8, 4) is 6.07 Å². The van der Waals surface area contributed by atoms with Gasteiger partial charge in [-0.25, -0.2) is 4.98 Å². The van der Waals surface area contributed by atoms with Crippen molar-refractivity contribution in [3.63, 3.8) is 0 Å². The number of carbonyl (C=O) groups is 1. The molecule has 0 saturated heterocycles. The zero-order valence-electron chi connectivity index (χ0n) is 10.2. The fourth-order valence-corrected chi connectivity index (χ4v) is 2.35. The van der Waals surface area contributed by atoms with E-state index in [0.717, 1.165) is 12.1 Å². The van der Waals surface area contributed by atoms with Crippen molar-refractivity contribution in [1.82, 2.24) is 4.98 Å². The number of hydrogen-bond donors (Lipinski definition) is 2. The van der Waals surface area contributed by atoms with E-state index in [1.807, 2.05) is 6.92 Å². The molecule has 2 atom stereocenters. The van der Waals surface area contributed by atoms with Crippen LogP contribution in [0.2, 0.25) is 0 Å². The molecular formula is C13H15N3O2. The van der Waals surface area contributed by atoms with Gasteiger partial charge < -0.3 is 10.4 Å². The Balaban J connectivity index is 2.05. The van der Waals surface area contributed by atoms with Crippen molar-refractivity contribution in [1.29, 1.82) is 5.26 Å². The van der Waals surface area contributed by atoms with E-state index < -0.39 is 5.97 Å². The highest BCUT2D eigenvalue weighted by molar-refractivity contribution is 5.70. The van der Waals surface area contributed by atoms with Gasteiger partial charge in [0.2, 0.25) is 0 Å². The molecule has 2 rings (SSSR count). The fourth-order valence-electron chi connectivity index (χ4n) is 2.35. The minimum atomic E-state index is -0.728. The Morgan fingerprint density at radius 1 is 1.56 bits per heavy atom. The summed E-state index contributed by atoms with van der Waals surface area (Å²) in [7, 11) is 0. The normalized spacial score (nSPS) is 22.4. The zero-order valence-corrected chi connectivity index (χ0v) is 10.2. The largest absolute Gasteiger partial charge is 0.481 e. The number of rotatable bonds is 3. The summed E-state index contributed by atoms with van der Waals surface area (Å²) >= 11 is 0. The minimum absolute atomic E-state index is 0.131. The fraction of sp³-hybridized carbons (Fsp3) is 0.462. The highest BCUT2D eigenvalue weighted by Gasteiger charge is 2.29. The van der Waals surface area contributed by atoms with Gasteiger partial charge in [-0.05, 0) is 38.3 Å². The third-order valence-electron chi connectivity index (χ3n) is 3.22. The molecule has 94 valence electrons. The summed E-state index contributed by atoms with van der Waals surface area (Å²) in [6, 6.07) is 5.64. The first-order chi connectivity index (χ1) is 8.58. The lowest BCUT2D eigenvalue weighted by Gasteiger charge is -2.13. The second-order valence-corrected chi connectivity index (χ2v) is 4.68. The second-order valence-electron chi connectivity index (χ2n) is 4.68. The van der Waals surface area contributed by atoms with E-state index in [9.17, 15) is 4.79 Å². The van der Waals surface area contributed by atoms with Gasteiger partial charge >= 0.3 is 5.97 Å². The smallest absolute Gasteiger partial charge is 0.306 e. The Kier molecular flexibility index (Phi) is 3.47. The Hall–Kier alpha value is -2.09. The minimum Gasteiger partial charge on any atom is -0.481 e. The zero-order chi connectivity index (χ0) is 13.1. The number of nitriles is 1. The van der Waals surface area contributed by atoms with Crippen LogP contribution in [0.15, 0.2) is 12.1 Å². The van der Waals surface area contributed by atoms with Crippen LogP contribution in [0.1, 0.15) is 30.5 Å². The summed E-state index contributed by atoms with van der Waals surface area (Å²) in [4.78, 5) is 15.2. The molecule has 1 saturated carbocycles. The number of nitrogens with one attached hydrogen (secondary N) is 1. The predicted molar refractivity (Wildman–Crippen MR) is 66.1 cm³/mol. The first-order valence-corrected chi connectivity index (χ1v) is 5.96. The van der Waals surface area contributed by atoms with E-state index in [-0.39, 0.29) is 12.0 Å². The van der Waals surface area contributed by atoms with E-state index in [1.54, 1.807) is 12.1 Å². The molecule has 5 nitrogen and oxygen atoms in total. The maximum absolute atomic E-state index is 10.9. The van der Waals surface area contributed by atoms with Crippen LogP contribution >= 0.6 is 0 Å². The monoisotopic (exact) mass is 245 g/mol. The molecule has 0 aromatic carbocycles. The highest BCUT2D eigenvalue weighted by Crippen LogP contribution is 2.28. The molecule has 2 N–H and O–H groups in total. The average molecular weight is 245 g/mol. The molecule has 1 aliphatic rings. The molecule has 0 aliphatic heterocycles. The van der Waals surface area contributed by atoms with Crippen molar-refractivity contribution in [3.05, 3.63) is 23.4 Å². The first kappa shape index (κ1) is 12.4. The number of nitrogens with zero attached hydrogens (tertiary/aromatic N) is 2. The standard InChI is InChI=1S/C13H15N3O2/c1-8-4-9(7-14)5-12(15-8)16-11-3-2-10(6-11)13(17)18/h4-5,10-11H,2-3,6H2,1H3,(H,15,16)(H,17,18). The van der Waals surface area contributed by atoms with Crippen molar-refractivity contribution in [2.24, 2.45) is 5.92 Å². The van der Waals surface area contributed by atoms with Gasteiger partial charge in [0.1, 0.15) is 5.82 Å². The van der Waals surface area contributed by atoms with Crippen molar-refractivity contribution >= 4 is 11.8 Å². The summed E-state index contributed by atoms with van der Waals surface area (Å²) in [5, 5.41) is 21.0. The van der Waals surface area contributed by atoms with Crippen LogP contribution in [0, 0.1) is 24.2 Å². The summed E-state index contributed by atoms with van der Waals surface area (Å²) in [6.07, 6.45) is 2.14. The van der Waals surface area contributed by atoms with Gasteiger partial charge in [-0.15, -0.1) is 0 Å². The summed E-state index contributed by atoms with van der Waals surface area (Å²) in [6.45, 7) is 1.83. The molecule has 1 heterocycles. The van der Waals surface area contributed by atoms with Gasteiger partial charge in [0, 0.05) is 11.7 Å². The average Bonchev–Trinajstić information content (AvgIpc) is 2.76. The Labute approximate surface area is 105 Å². The molecule has 2 unspecified atom stereocenters. The third-order valence-corrected chi connectivity index (χ3v) is 3.22. The molecule has 1 aliphatic carbocycles. The number of aromatic nitrogens is 1. The van der Waals surface area contributed by atoms with Crippen LogP contribution < -0.4 is 5.32 Å². The maximum atomic E-state index is 10.9. The van der Waals surface area contributed by atoms with Gasteiger partial charge in [-0.3, -0.25) is 4.79 Å². The Bertz CT molecular complexity index is 507. The van der Waals surface area contributed by atoms with Gasteiger partial charge in [0.05, 0.1) is 17.6 Å². The Morgan fingerprint density at radius 3 is 2.94 bits per heavy atom.